The third-order valence-corrected chi connectivity index (χ3v) is 3.28. The van der Waals surface area contributed by atoms with Crippen molar-refractivity contribution in [2.24, 2.45) is 0 Å². The molecule has 0 saturated heterocycles. The van der Waals surface area contributed by atoms with Gasteiger partial charge in [-0.2, -0.15) is 0 Å². The molecule has 0 aromatic heterocycles. The monoisotopic (exact) mass is 234 g/mol. The second-order valence-electron chi connectivity index (χ2n) is 4.70. The van der Waals surface area contributed by atoms with Crippen molar-refractivity contribution in [1.29, 1.82) is 0 Å². The topological polar surface area (TPSA) is 38.5 Å². The number of ether oxygens (including phenoxy) is 1. The van der Waals surface area contributed by atoms with Crippen LogP contribution in [0, 0.1) is 0 Å². The average Bonchev–Trinajstić information content (AvgIpc) is 3.15. The van der Waals surface area contributed by atoms with Crippen molar-refractivity contribution in [3.63, 3.8) is 0 Å². The first-order chi connectivity index (χ1) is 8.26. The zero-order chi connectivity index (χ0) is 12.3. The summed E-state index contributed by atoms with van der Waals surface area (Å²) in [6, 6.07) is 6.70. The Morgan fingerprint density at radius 2 is 2.18 bits per heavy atom. The van der Waals surface area contributed by atoms with Gasteiger partial charge in [0, 0.05) is 18.7 Å². The molecular formula is C14H22N2O. The summed E-state index contributed by atoms with van der Waals surface area (Å²) >= 11 is 0. The van der Waals surface area contributed by atoms with Crippen LogP contribution in [0.3, 0.4) is 0 Å². The van der Waals surface area contributed by atoms with E-state index in [9.17, 15) is 0 Å². The third kappa shape index (κ3) is 2.84. The first-order valence-corrected chi connectivity index (χ1v) is 6.46. The van der Waals surface area contributed by atoms with Gasteiger partial charge >= 0.3 is 0 Å². The predicted octanol–water partition coefficient (Wildman–Crippen LogP) is 3.05. The van der Waals surface area contributed by atoms with Gasteiger partial charge in [-0.05, 0) is 31.4 Å². The molecule has 1 aliphatic carbocycles. The minimum atomic E-state index is 0.706. The number of nitrogens with two attached hydrogens (primary N) is 1. The predicted molar refractivity (Wildman–Crippen MR) is 72.7 cm³/mol. The molecule has 0 heterocycles. The van der Waals surface area contributed by atoms with Crippen LogP contribution in [0.2, 0.25) is 0 Å². The normalized spacial score (nSPS) is 14.7. The van der Waals surface area contributed by atoms with Crippen LogP contribution in [-0.4, -0.2) is 19.7 Å². The van der Waals surface area contributed by atoms with E-state index < -0.39 is 0 Å². The van der Waals surface area contributed by atoms with Crippen LogP contribution >= 0.6 is 0 Å². The molecule has 1 saturated carbocycles. The molecule has 1 aromatic rings. The maximum Gasteiger partial charge on any atom is 0.121 e. The van der Waals surface area contributed by atoms with Gasteiger partial charge in [0.15, 0.2) is 0 Å². The summed E-state index contributed by atoms with van der Waals surface area (Å²) < 4.78 is 5.19. The van der Waals surface area contributed by atoms with Crippen LogP contribution < -0.4 is 15.4 Å². The van der Waals surface area contributed by atoms with Crippen LogP contribution in [0.1, 0.15) is 32.6 Å². The Hall–Kier alpha value is -1.38. The highest BCUT2D eigenvalue weighted by atomic mass is 16.5. The minimum absolute atomic E-state index is 0.706. The van der Waals surface area contributed by atoms with Gasteiger partial charge in [0.05, 0.1) is 18.5 Å². The molecule has 0 aliphatic heterocycles. The van der Waals surface area contributed by atoms with Crippen molar-refractivity contribution in [3.05, 3.63) is 18.2 Å². The first kappa shape index (κ1) is 12.1. The van der Waals surface area contributed by atoms with Gasteiger partial charge in [0.25, 0.3) is 0 Å². The molecule has 1 aromatic carbocycles. The summed E-state index contributed by atoms with van der Waals surface area (Å²) in [5, 5.41) is 0. The lowest BCUT2D eigenvalue weighted by molar-refractivity contribution is 0.415. The van der Waals surface area contributed by atoms with E-state index in [1.54, 1.807) is 7.11 Å². The summed E-state index contributed by atoms with van der Waals surface area (Å²) in [7, 11) is 1.67. The van der Waals surface area contributed by atoms with Crippen molar-refractivity contribution in [2.45, 2.75) is 38.6 Å². The van der Waals surface area contributed by atoms with Crippen molar-refractivity contribution >= 4 is 11.4 Å². The SMILES string of the molecule is CCCCN(c1ccc(OC)cc1N)C1CC1. The van der Waals surface area contributed by atoms with E-state index in [0.29, 0.717) is 6.04 Å². The molecule has 2 N–H and O–H groups in total. The Morgan fingerprint density at radius 3 is 2.71 bits per heavy atom. The molecule has 0 radical (unpaired) electrons. The highest BCUT2D eigenvalue weighted by Crippen LogP contribution is 2.36. The molecule has 0 amide bonds. The second-order valence-corrected chi connectivity index (χ2v) is 4.70. The number of benzene rings is 1. The zero-order valence-corrected chi connectivity index (χ0v) is 10.8. The molecule has 17 heavy (non-hydrogen) atoms. The Morgan fingerprint density at radius 1 is 1.41 bits per heavy atom. The fraction of sp³-hybridized carbons (Fsp3) is 0.571. The van der Waals surface area contributed by atoms with Gasteiger partial charge in [-0.15, -0.1) is 0 Å². The summed E-state index contributed by atoms with van der Waals surface area (Å²) in [4.78, 5) is 2.46. The van der Waals surface area contributed by atoms with Crippen LogP contribution in [0.25, 0.3) is 0 Å². The van der Waals surface area contributed by atoms with E-state index in [2.05, 4.69) is 17.9 Å². The number of hydrogen-bond donors (Lipinski definition) is 1. The number of rotatable bonds is 6. The van der Waals surface area contributed by atoms with Crippen molar-refractivity contribution in [1.82, 2.24) is 0 Å². The fourth-order valence-electron chi connectivity index (χ4n) is 2.14. The summed E-state index contributed by atoms with van der Waals surface area (Å²) in [6.07, 6.45) is 5.05. The molecule has 2 rings (SSSR count). The van der Waals surface area contributed by atoms with E-state index in [1.165, 1.54) is 31.4 Å². The highest BCUT2D eigenvalue weighted by molar-refractivity contribution is 5.70. The van der Waals surface area contributed by atoms with Crippen LogP contribution in [0.5, 0.6) is 5.75 Å². The van der Waals surface area contributed by atoms with Gasteiger partial charge < -0.3 is 15.4 Å². The number of nitrogen functional groups attached to an aromatic ring is 1. The molecule has 0 bridgehead atoms. The quantitative estimate of drug-likeness (QED) is 0.769. The Labute approximate surface area is 104 Å². The zero-order valence-electron chi connectivity index (χ0n) is 10.8. The number of unbranched alkanes of at least 4 members (excludes halogenated alkanes) is 1. The lowest BCUT2D eigenvalue weighted by Gasteiger charge is -2.26. The molecule has 3 heteroatoms. The Kier molecular flexibility index (Phi) is 3.77. The lowest BCUT2D eigenvalue weighted by Crippen LogP contribution is -2.27. The second kappa shape index (κ2) is 5.30. The summed E-state index contributed by atoms with van der Waals surface area (Å²) in [5.74, 6) is 0.831. The minimum Gasteiger partial charge on any atom is -0.497 e. The summed E-state index contributed by atoms with van der Waals surface area (Å²) in [6.45, 7) is 3.33. The third-order valence-electron chi connectivity index (χ3n) is 3.28. The fourth-order valence-corrected chi connectivity index (χ4v) is 2.14. The average molecular weight is 234 g/mol. The standard InChI is InChI=1S/C14H22N2O/c1-3-4-9-16(11-5-6-11)14-8-7-12(17-2)10-13(14)15/h7-8,10-11H,3-6,9,15H2,1-2H3. The lowest BCUT2D eigenvalue weighted by atomic mass is 10.2. The van der Waals surface area contributed by atoms with Crippen LogP contribution in [0.4, 0.5) is 11.4 Å². The van der Waals surface area contributed by atoms with Crippen molar-refractivity contribution in [3.8, 4) is 5.75 Å². The van der Waals surface area contributed by atoms with Crippen LogP contribution in [0.15, 0.2) is 18.2 Å². The molecule has 94 valence electrons. The van der Waals surface area contributed by atoms with Gasteiger partial charge in [-0.25, -0.2) is 0 Å². The Balaban J connectivity index is 2.16. The number of methoxy groups -OCH3 is 1. The maximum atomic E-state index is 6.11. The first-order valence-electron chi connectivity index (χ1n) is 6.46. The van der Waals surface area contributed by atoms with E-state index in [-0.39, 0.29) is 0 Å². The number of hydrogen-bond acceptors (Lipinski definition) is 3. The molecule has 1 fully saturated rings. The molecular weight excluding hydrogens is 212 g/mol. The number of nitrogens with zero attached hydrogens (tertiary/aromatic N) is 1. The largest absolute Gasteiger partial charge is 0.497 e. The molecule has 3 nitrogen and oxygen atoms in total. The molecule has 0 unspecified atom stereocenters. The molecule has 1 aliphatic rings. The van der Waals surface area contributed by atoms with Gasteiger partial charge in [0.1, 0.15) is 5.75 Å². The van der Waals surface area contributed by atoms with Gasteiger partial charge in [-0.3, -0.25) is 0 Å². The highest BCUT2D eigenvalue weighted by Gasteiger charge is 2.29. The summed E-state index contributed by atoms with van der Waals surface area (Å²) in [5.41, 5.74) is 8.11. The van der Waals surface area contributed by atoms with Gasteiger partial charge in [-0.1, -0.05) is 13.3 Å². The van der Waals surface area contributed by atoms with Crippen molar-refractivity contribution < 1.29 is 4.74 Å². The van der Waals surface area contributed by atoms with E-state index >= 15 is 0 Å². The maximum absolute atomic E-state index is 6.11. The molecule has 0 atom stereocenters. The Bertz CT molecular complexity index is 374. The van der Waals surface area contributed by atoms with Crippen molar-refractivity contribution in [2.75, 3.05) is 24.3 Å². The van der Waals surface area contributed by atoms with E-state index in [1.807, 2.05) is 12.1 Å². The van der Waals surface area contributed by atoms with E-state index in [0.717, 1.165) is 18.0 Å². The van der Waals surface area contributed by atoms with E-state index in [4.69, 9.17) is 10.5 Å². The smallest absolute Gasteiger partial charge is 0.121 e. The van der Waals surface area contributed by atoms with Gasteiger partial charge in [0.2, 0.25) is 0 Å². The van der Waals surface area contributed by atoms with Crippen LogP contribution in [-0.2, 0) is 0 Å². The number of anilines is 2. The molecule has 0 spiro atoms.